The minimum absolute atomic E-state index is 0.0924. The Morgan fingerprint density at radius 2 is 1.74 bits per heavy atom. The number of hydrogen-bond acceptors (Lipinski definition) is 2. The average Bonchev–Trinajstić information content (AvgIpc) is 2.68. The lowest BCUT2D eigenvalue weighted by Crippen LogP contribution is -2.13. The highest BCUT2D eigenvalue weighted by atomic mass is 35.5. The Balaban J connectivity index is 2.27. The minimum Gasteiger partial charge on any atom is -0.320 e. The fourth-order valence-electron chi connectivity index (χ4n) is 1.99. The summed E-state index contributed by atoms with van der Waals surface area (Å²) < 4.78 is 0.830. The van der Waals surface area contributed by atoms with Crippen molar-refractivity contribution in [2.75, 3.05) is 0 Å². The molecule has 102 valence electrons. The van der Waals surface area contributed by atoms with Crippen LogP contribution in [0.3, 0.4) is 0 Å². The molecule has 0 saturated heterocycles. The largest absolute Gasteiger partial charge is 0.320 e. The standard InChI is InChI=1S/C16H20ClNS/c1-10-9-13(19-15(10)17)14(18)11-5-7-12(8-6-11)16(2,3)4/h5-9,14H,18H2,1-4H3. The first-order valence-corrected chi connectivity index (χ1v) is 7.60. The van der Waals surface area contributed by atoms with E-state index in [1.807, 2.05) is 6.92 Å². The second-order valence-electron chi connectivity index (χ2n) is 5.96. The fourth-order valence-corrected chi connectivity index (χ4v) is 3.24. The second kappa shape index (κ2) is 5.28. The molecule has 0 aliphatic heterocycles. The highest BCUT2D eigenvalue weighted by Gasteiger charge is 2.16. The molecule has 0 amide bonds. The van der Waals surface area contributed by atoms with Crippen LogP contribution in [0.5, 0.6) is 0 Å². The minimum atomic E-state index is -0.0924. The van der Waals surface area contributed by atoms with Crippen LogP contribution in [0.2, 0.25) is 4.34 Å². The van der Waals surface area contributed by atoms with E-state index in [1.165, 1.54) is 5.56 Å². The first-order valence-electron chi connectivity index (χ1n) is 6.41. The van der Waals surface area contributed by atoms with Gasteiger partial charge in [-0.1, -0.05) is 56.6 Å². The third kappa shape index (κ3) is 3.19. The summed E-state index contributed by atoms with van der Waals surface area (Å²) in [7, 11) is 0. The lowest BCUT2D eigenvalue weighted by atomic mass is 9.86. The smallest absolute Gasteiger partial charge is 0.0961 e. The van der Waals surface area contributed by atoms with Crippen LogP contribution in [0.15, 0.2) is 30.3 Å². The highest BCUT2D eigenvalue weighted by molar-refractivity contribution is 7.16. The molecule has 1 nitrogen and oxygen atoms in total. The molecule has 3 heteroatoms. The summed E-state index contributed by atoms with van der Waals surface area (Å²) in [5.74, 6) is 0. The molecule has 0 aliphatic rings. The van der Waals surface area contributed by atoms with Crippen LogP contribution in [0.4, 0.5) is 0 Å². The van der Waals surface area contributed by atoms with Gasteiger partial charge in [0.1, 0.15) is 0 Å². The van der Waals surface area contributed by atoms with Crippen molar-refractivity contribution >= 4 is 22.9 Å². The Hall–Kier alpha value is -0.830. The van der Waals surface area contributed by atoms with Crippen LogP contribution < -0.4 is 5.73 Å². The molecule has 1 heterocycles. The highest BCUT2D eigenvalue weighted by Crippen LogP contribution is 2.33. The van der Waals surface area contributed by atoms with Crippen molar-refractivity contribution in [3.05, 3.63) is 56.2 Å². The number of thiophene rings is 1. The van der Waals surface area contributed by atoms with E-state index in [4.69, 9.17) is 17.3 Å². The fraction of sp³-hybridized carbons (Fsp3) is 0.375. The van der Waals surface area contributed by atoms with Gasteiger partial charge in [0, 0.05) is 4.88 Å². The summed E-state index contributed by atoms with van der Waals surface area (Å²) in [6.45, 7) is 8.65. The first kappa shape index (κ1) is 14.6. The van der Waals surface area contributed by atoms with Crippen molar-refractivity contribution in [2.45, 2.75) is 39.2 Å². The van der Waals surface area contributed by atoms with Crippen LogP contribution in [-0.4, -0.2) is 0 Å². The predicted octanol–water partition coefficient (Wildman–Crippen LogP) is 5.06. The lowest BCUT2D eigenvalue weighted by Gasteiger charge is -2.20. The molecule has 1 unspecified atom stereocenters. The van der Waals surface area contributed by atoms with Gasteiger partial charge in [-0.3, -0.25) is 0 Å². The molecule has 1 aromatic carbocycles. The van der Waals surface area contributed by atoms with Crippen molar-refractivity contribution in [1.29, 1.82) is 0 Å². The van der Waals surface area contributed by atoms with Gasteiger partial charge < -0.3 is 5.73 Å². The molecule has 0 aliphatic carbocycles. The van der Waals surface area contributed by atoms with E-state index in [1.54, 1.807) is 11.3 Å². The van der Waals surface area contributed by atoms with Crippen LogP contribution in [0, 0.1) is 6.92 Å². The van der Waals surface area contributed by atoms with Crippen LogP contribution in [-0.2, 0) is 5.41 Å². The maximum atomic E-state index is 6.31. The third-order valence-electron chi connectivity index (χ3n) is 3.32. The second-order valence-corrected chi connectivity index (χ2v) is 7.64. The molecule has 0 spiro atoms. The van der Waals surface area contributed by atoms with Crippen LogP contribution >= 0.6 is 22.9 Å². The number of hydrogen-bond donors (Lipinski definition) is 1. The van der Waals surface area contributed by atoms with Crippen molar-refractivity contribution in [2.24, 2.45) is 5.73 Å². The number of benzene rings is 1. The van der Waals surface area contributed by atoms with Crippen molar-refractivity contribution in [1.82, 2.24) is 0 Å². The molecule has 2 aromatic rings. The molecule has 0 saturated carbocycles. The molecule has 0 radical (unpaired) electrons. The molecule has 19 heavy (non-hydrogen) atoms. The Bertz CT molecular complexity index is 544. The van der Waals surface area contributed by atoms with Gasteiger partial charge >= 0.3 is 0 Å². The van der Waals surface area contributed by atoms with E-state index in [0.717, 1.165) is 20.3 Å². The maximum Gasteiger partial charge on any atom is 0.0961 e. The number of halogens is 1. The lowest BCUT2D eigenvalue weighted by molar-refractivity contribution is 0.590. The molecular formula is C16H20ClNS. The summed E-state index contributed by atoms with van der Waals surface area (Å²) in [5.41, 5.74) is 10.0. The summed E-state index contributed by atoms with van der Waals surface area (Å²) in [6, 6.07) is 10.6. The monoisotopic (exact) mass is 293 g/mol. The quantitative estimate of drug-likeness (QED) is 0.823. The Labute approximate surface area is 124 Å². The third-order valence-corrected chi connectivity index (χ3v) is 4.96. The number of nitrogens with two attached hydrogens (primary N) is 1. The van der Waals surface area contributed by atoms with Crippen LogP contribution in [0.25, 0.3) is 0 Å². The van der Waals surface area contributed by atoms with Gasteiger partial charge in [0.2, 0.25) is 0 Å². The van der Waals surface area contributed by atoms with E-state index < -0.39 is 0 Å². The summed E-state index contributed by atoms with van der Waals surface area (Å²) in [5, 5.41) is 0. The average molecular weight is 294 g/mol. The predicted molar refractivity (Wildman–Crippen MR) is 85.2 cm³/mol. The van der Waals surface area contributed by atoms with Crippen molar-refractivity contribution in [3.8, 4) is 0 Å². The van der Waals surface area contributed by atoms with Crippen molar-refractivity contribution in [3.63, 3.8) is 0 Å². The summed E-state index contributed by atoms with van der Waals surface area (Å²) >= 11 is 7.68. The van der Waals surface area contributed by atoms with E-state index in [0.29, 0.717) is 0 Å². The summed E-state index contributed by atoms with van der Waals surface area (Å²) in [6.07, 6.45) is 0. The van der Waals surface area contributed by atoms with Gasteiger partial charge in [-0.25, -0.2) is 0 Å². The first-order chi connectivity index (χ1) is 8.79. The van der Waals surface area contributed by atoms with E-state index >= 15 is 0 Å². The molecule has 0 bridgehead atoms. The SMILES string of the molecule is Cc1cc(C(N)c2ccc(C(C)(C)C)cc2)sc1Cl. The molecular weight excluding hydrogens is 274 g/mol. The maximum absolute atomic E-state index is 6.31. The van der Waals surface area contributed by atoms with Gasteiger partial charge in [-0.2, -0.15) is 0 Å². The molecule has 2 rings (SSSR count). The van der Waals surface area contributed by atoms with E-state index in [9.17, 15) is 0 Å². The zero-order valence-corrected chi connectivity index (χ0v) is 13.4. The van der Waals surface area contributed by atoms with Gasteiger partial charge in [-0.15, -0.1) is 11.3 Å². The molecule has 1 atom stereocenters. The normalized spacial score (nSPS) is 13.6. The van der Waals surface area contributed by atoms with Gasteiger partial charge in [0.15, 0.2) is 0 Å². The zero-order valence-electron chi connectivity index (χ0n) is 11.8. The topological polar surface area (TPSA) is 26.0 Å². The Morgan fingerprint density at radius 3 is 2.16 bits per heavy atom. The zero-order chi connectivity index (χ0) is 14.2. The van der Waals surface area contributed by atoms with Crippen LogP contribution in [0.1, 0.15) is 48.4 Å². The van der Waals surface area contributed by atoms with Gasteiger partial charge in [0.25, 0.3) is 0 Å². The van der Waals surface area contributed by atoms with E-state index in [-0.39, 0.29) is 11.5 Å². The number of aryl methyl sites for hydroxylation is 1. The summed E-state index contributed by atoms with van der Waals surface area (Å²) in [4.78, 5) is 1.12. The number of rotatable bonds is 2. The molecule has 0 fully saturated rings. The molecule has 1 aromatic heterocycles. The molecule has 2 N–H and O–H groups in total. The van der Waals surface area contributed by atoms with Gasteiger partial charge in [-0.05, 0) is 35.1 Å². The van der Waals surface area contributed by atoms with Gasteiger partial charge in [0.05, 0.1) is 10.4 Å². The van der Waals surface area contributed by atoms with E-state index in [2.05, 4.69) is 51.1 Å². The Kier molecular flexibility index (Phi) is 4.05. The van der Waals surface area contributed by atoms with Crippen molar-refractivity contribution < 1.29 is 0 Å². The Morgan fingerprint density at radius 1 is 1.16 bits per heavy atom.